The van der Waals surface area contributed by atoms with E-state index in [1.54, 1.807) is 35.4 Å². The Labute approximate surface area is 179 Å². The average molecular weight is 417 g/mol. The van der Waals surface area contributed by atoms with Gasteiger partial charge in [0, 0.05) is 55.6 Å². The number of hydrogen-bond donors (Lipinski definition) is 3. The number of aryl methyl sites for hydroxylation is 1. The maximum atomic E-state index is 10.1. The molecular formula is C21H23N9O. The molecule has 1 atom stereocenters. The van der Waals surface area contributed by atoms with Crippen molar-refractivity contribution in [2.75, 3.05) is 29.9 Å². The van der Waals surface area contributed by atoms with Crippen LogP contribution in [0.4, 0.5) is 17.5 Å². The Hall–Kier alpha value is -3.79. The lowest BCUT2D eigenvalue weighted by atomic mass is 10.2. The highest BCUT2D eigenvalue weighted by atomic mass is 16.3. The number of fused-ring (bicyclic) bond motifs is 1. The van der Waals surface area contributed by atoms with Gasteiger partial charge in [0.15, 0.2) is 11.6 Å². The van der Waals surface area contributed by atoms with Gasteiger partial charge in [0.25, 0.3) is 0 Å². The van der Waals surface area contributed by atoms with Crippen molar-refractivity contribution in [2.24, 2.45) is 0 Å². The second-order valence-electron chi connectivity index (χ2n) is 7.56. The molecule has 0 radical (unpaired) electrons. The van der Waals surface area contributed by atoms with Crippen LogP contribution in [0.5, 0.6) is 5.75 Å². The third-order valence-corrected chi connectivity index (χ3v) is 5.30. The fourth-order valence-electron chi connectivity index (χ4n) is 3.83. The fourth-order valence-corrected chi connectivity index (χ4v) is 3.83. The zero-order valence-electron chi connectivity index (χ0n) is 17.3. The van der Waals surface area contributed by atoms with E-state index in [1.165, 1.54) is 0 Å². The maximum absolute atomic E-state index is 10.1. The van der Waals surface area contributed by atoms with E-state index in [0.717, 1.165) is 36.4 Å². The third kappa shape index (κ3) is 3.73. The molecule has 3 N–H and O–H groups in total. The van der Waals surface area contributed by atoms with Crippen molar-refractivity contribution in [3.63, 3.8) is 0 Å². The van der Waals surface area contributed by atoms with Crippen LogP contribution in [0.1, 0.15) is 12.7 Å². The summed E-state index contributed by atoms with van der Waals surface area (Å²) in [5, 5.41) is 22.3. The zero-order valence-corrected chi connectivity index (χ0v) is 17.3. The highest BCUT2D eigenvalue weighted by molar-refractivity contribution is 5.93. The number of phenols is 1. The largest absolute Gasteiger partial charge is 0.508 e. The summed E-state index contributed by atoms with van der Waals surface area (Å²) in [6.45, 7) is 6.74. The third-order valence-electron chi connectivity index (χ3n) is 5.30. The van der Waals surface area contributed by atoms with Gasteiger partial charge in [-0.3, -0.25) is 4.98 Å². The number of aromatic nitrogens is 6. The van der Waals surface area contributed by atoms with Crippen molar-refractivity contribution in [2.45, 2.75) is 19.9 Å². The van der Waals surface area contributed by atoms with Crippen molar-refractivity contribution in [1.29, 1.82) is 0 Å². The van der Waals surface area contributed by atoms with E-state index in [4.69, 9.17) is 5.10 Å². The Bertz CT molecular complexity index is 1220. The Morgan fingerprint density at radius 2 is 2.03 bits per heavy atom. The first-order valence-corrected chi connectivity index (χ1v) is 10.2. The van der Waals surface area contributed by atoms with Gasteiger partial charge in [0.05, 0.1) is 11.7 Å². The minimum Gasteiger partial charge on any atom is -0.508 e. The molecule has 1 aliphatic heterocycles. The number of anilines is 3. The summed E-state index contributed by atoms with van der Waals surface area (Å²) in [5.41, 5.74) is 0.726. The van der Waals surface area contributed by atoms with Gasteiger partial charge in [-0.05, 0) is 26.0 Å². The first-order chi connectivity index (χ1) is 15.1. The Balaban J connectivity index is 1.62. The number of nitrogens with zero attached hydrogens (tertiary/aromatic N) is 7. The molecule has 0 aliphatic carbocycles. The minimum atomic E-state index is 0.154. The lowest BCUT2D eigenvalue weighted by Gasteiger charge is -2.35. The summed E-state index contributed by atoms with van der Waals surface area (Å²) in [6, 6.07) is 7.39. The van der Waals surface area contributed by atoms with Crippen LogP contribution in [0.2, 0.25) is 0 Å². The number of hydrogen-bond acceptors (Lipinski definition) is 9. The van der Waals surface area contributed by atoms with E-state index in [1.807, 2.05) is 19.1 Å². The minimum absolute atomic E-state index is 0.154. The summed E-state index contributed by atoms with van der Waals surface area (Å²) in [7, 11) is 0. The lowest BCUT2D eigenvalue weighted by Crippen LogP contribution is -2.50. The molecule has 3 aromatic heterocycles. The monoisotopic (exact) mass is 417 g/mol. The van der Waals surface area contributed by atoms with E-state index in [-0.39, 0.29) is 5.75 Å². The molecule has 0 bridgehead atoms. The zero-order chi connectivity index (χ0) is 21.4. The molecule has 1 saturated heterocycles. The van der Waals surface area contributed by atoms with Crippen LogP contribution < -0.4 is 15.5 Å². The first kappa shape index (κ1) is 19.2. The molecule has 0 spiro atoms. The van der Waals surface area contributed by atoms with Gasteiger partial charge in [0.1, 0.15) is 23.2 Å². The average Bonchev–Trinajstić information content (AvgIpc) is 3.12. The molecule has 0 amide bonds. The van der Waals surface area contributed by atoms with Crippen LogP contribution in [0, 0.1) is 6.92 Å². The Kier molecular flexibility index (Phi) is 4.83. The molecule has 31 heavy (non-hydrogen) atoms. The highest BCUT2D eigenvalue weighted by Crippen LogP contribution is 2.30. The molecule has 4 aromatic rings. The lowest BCUT2D eigenvalue weighted by molar-refractivity contribution is 0.476. The van der Waals surface area contributed by atoms with Crippen molar-refractivity contribution in [3.8, 4) is 11.6 Å². The smallest absolute Gasteiger partial charge is 0.162 e. The molecule has 5 rings (SSSR count). The molecule has 158 valence electrons. The number of nitrogens with one attached hydrogen (secondary N) is 2. The van der Waals surface area contributed by atoms with E-state index < -0.39 is 0 Å². The van der Waals surface area contributed by atoms with Gasteiger partial charge in [-0.15, -0.1) is 5.10 Å². The van der Waals surface area contributed by atoms with Crippen molar-refractivity contribution in [1.82, 2.24) is 35.0 Å². The van der Waals surface area contributed by atoms with Gasteiger partial charge in [-0.2, -0.15) is 0 Å². The van der Waals surface area contributed by atoms with E-state index in [0.29, 0.717) is 29.3 Å². The van der Waals surface area contributed by atoms with Gasteiger partial charge in [0.2, 0.25) is 0 Å². The molecular weight excluding hydrogens is 394 g/mol. The van der Waals surface area contributed by atoms with Crippen molar-refractivity contribution >= 4 is 28.4 Å². The number of phenolic OH excluding ortho intramolecular Hbond substituents is 1. The fraction of sp³-hybridized carbons (Fsp3) is 0.286. The maximum Gasteiger partial charge on any atom is 0.162 e. The second-order valence-corrected chi connectivity index (χ2v) is 7.56. The summed E-state index contributed by atoms with van der Waals surface area (Å²) in [4.78, 5) is 19.9. The molecule has 0 saturated carbocycles. The SMILES string of the molecule is Cc1nc(N2CCNC[C@@H]2C)cc(-n2nc(Nc3cnccn3)c3ccc(O)cc32)n1. The molecule has 4 heterocycles. The molecule has 1 aliphatic rings. The normalized spacial score (nSPS) is 16.6. The van der Waals surface area contributed by atoms with Crippen LogP contribution in [0.15, 0.2) is 42.9 Å². The van der Waals surface area contributed by atoms with Gasteiger partial charge >= 0.3 is 0 Å². The van der Waals surface area contributed by atoms with Crippen LogP contribution in [-0.4, -0.2) is 60.5 Å². The number of aromatic hydroxyl groups is 1. The van der Waals surface area contributed by atoms with Crippen LogP contribution in [0.3, 0.4) is 0 Å². The summed E-state index contributed by atoms with van der Waals surface area (Å²) < 4.78 is 1.72. The van der Waals surface area contributed by atoms with E-state index in [9.17, 15) is 5.11 Å². The Morgan fingerprint density at radius 1 is 1.16 bits per heavy atom. The Morgan fingerprint density at radius 3 is 2.84 bits per heavy atom. The van der Waals surface area contributed by atoms with Crippen molar-refractivity contribution in [3.05, 3.63) is 48.7 Å². The van der Waals surface area contributed by atoms with Crippen LogP contribution in [0.25, 0.3) is 16.7 Å². The van der Waals surface area contributed by atoms with E-state index in [2.05, 4.69) is 42.4 Å². The molecule has 1 fully saturated rings. The predicted molar refractivity (Wildman–Crippen MR) is 118 cm³/mol. The van der Waals surface area contributed by atoms with Gasteiger partial charge < -0.3 is 20.6 Å². The number of benzene rings is 1. The van der Waals surface area contributed by atoms with Crippen LogP contribution in [-0.2, 0) is 0 Å². The summed E-state index contributed by atoms with van der Waals surface area (Å²) in [5.74, 6) is 3.49. The summed E-state index contributed by atoms with van der Waals surface area (Å²) in [6.07, 6.45) is 4.86. The molecule has 0 unspecified atom stereocenters. The molecule has 10 heteroatoms. The second kappa shape index (κ2) is 7.80. The molecule has 1 aromatic carbocycles. The standard InChI is InChI=1S/C21H23N9O/c1-13-11-23-7-8-29(13)19-10-20(26-14(2)25-19)30-17-9-15(31)3-4-16(17)21(28-30)27-18-12-22-5-6-24-18/h3-6,9-10,12-13,23,31H,7-8,11H2,1-2H3,(H,24,27,28)/t13-/m0/s1. The first-order valence-electron chi connectivity index (χ1n) is 10.2. The topological polar surface area (TPSA) is 117 Å². The number of rotatable bonds is 4. The summed E-state index contributed by atoms with van der Waals surface area (Å²) >= 11 is 0. The van der Waals surface area contributed by atoms with Crippen LogP contribution >= 0.6 is 0 Å². The van der Waals surface area contributed by atoms with E-state index >= 15 is 0 Å². The van der Waals surface area contributed by atoms with Crippen molar-refractivity contribution < 1.29 is 5.11 Å². The quantitative estimate of drug-likeness (QED) is 0.459. The van der Waals surface area contributed by atoms with Gasteiger partial charge in [-0.25, -0.2) is 19.6 Å². The highest BCUT2D eigenvalue weighted by Gasteiger charge is 2.22. The molecule has 10 nitrogen and oxygen atoms in total. The van der Waals surface area contributed by atoms with Gasteiger partial charge in [-0.1, -0.05) is 0 Å². The predicted octanol–water partition coefficient (Wildman–Crippen LogP) is 2.16. The number of piperazine rings is 1.